The van der Waals surface area contributed by atoms with Crippen LogP contribution in [-0.2, 0) is 14.4 Å². The smallest absolute Gasteiger partial charge is 0.335 e. The molecule has 44 heavy (non-hydrogen) atoms. The van der Waals surface area contributed by atoms with Gasteiger partial charge in [0.15, 0.2) is 29.6 Å². The maximum Gasteiger partial charge on any atom is 0.335 e. The summed E-state index contributed by atoms with van der Waals surface area (Å²) < 4.78 is 22.4. The second kappa shape index (κ2) is 14.4. The highest BCUT2D eigenvalue weighted by Gasteiger charge is 2.37. The fourth-order valence-corrected chi connectivity index (χ4v) is 4.50. The fourth-order valence-electron chi connectivity index (χ4n) is 4.23. The van der Waals surface area contributed by atoms with Gasteiger partial charge in [-0.3, -0.25) is 19.7 Å². The first kappa shape index (κ1) is 31.9. The number of amides is 5. The number of rotatable bonds is 12. The van der Waals surface area contributed by atoms with Crippen molar-refractivity contribution in [3.05, 3.63) is 76.3 Å². The number of halogens is 1. The minimum atomic E-state index is -0.915. The summed E-state index contributed by atoms with van der Waals surface area (Å²) in [5, 5.41) is 5.01. The molecule has 1 fully saturated rings. The molecule has 5 amide bonds. The number of benzene rings is 3. The Morgan fingerprint density at radius 3 is 2.39 bits per heavy atom. The van der Waals surface area contributed by atoms with E-state index in [0.29, 0.717) is 29.4 Å². The Morgan fingerprint density at radius 1 is 0.955 bits per heavy atom. The van der Waals surface area contributed by atoms with Gasteiger partial charge in [-0.25, -0.2) is 9.69 Å². The molecule has 3 aromatic carbocycles. The summed E-state index contributed by atoms with van der Waals surface area (Å²) in [6.07, 6.45) is 2.06. The third-order valence-electron chi connectivity index (χ3n) is 6.29. The van der Waals surface area contributed by atoms with Crippen LogP contribution in [0.3, 0.4) is 0 Å². The van der Waals surface area contributed by atoms with E-state index in [2.05, 4.69) is 10.6 Å². The maximum atomic E-state index is 13.5. The van der Waals surface area contributed by atoms with E-state index in [4.69, 9.17) is 30.5 Å². The Bertz CT molecular complexity index is 1600. The number of aryl methyl sites for hydroxylation is 1. The predicted octanol–water partition coefficient (Wildman–Crippen LogP) is 5.53. The van der Waals surface area contributed by atoms with Gasteiger partial charge in [0.05, 0.1) is 31.0 Å². The average molecular weight is 622 g/mol. The quantitative estimate of drug-likeness (QED) is 0.199. The number of hydrogen-bond donors (Lipinski definition) is 2. The molecular formula is C32H32ClN3O8. The molecule has 1 saturated heterocycles. The molecule has 0 atom stereocenters. The topological polar surface area (TPSA) is 132 Å². The van der Waals surface area contributed by atoms with E-state index < -0.39 is 23.8 Å². The average Bonchev–Trinajstić information content (AvgIpc) is 2.99. The van der Waals surface area contributed by atoms with E-state index in [1.54, 1.807) is 25.1 Å². The summed E-state index contributed by atoms with van der Waals surface area (Å²) in [6.45, 7) is 6.00. The molecule has 11 nitrogen and oxygen atoms in total. The van der Waals surface area contributed by atoms with Crippen LogP contribution in [0.1, 0.15) is 31.4 Å². The molecule has 0 aromatic heterocycles. The van der Waals surface area contributed by atoms with Gasteiger partial charge in [-0.1, -0.05) is 36.2 Å². The number of hydrogen-bond acceptors (Lipinski definition) is 8. The van der Waals surface area contributed by atoms with Crippen molar-refractivity contribution in [2.45, 2.75) is 27.2 Å². The van der Waals surface area contributed by atoms with Crippen molar-refractivity contribution < 1.29 is 38.1 Å². The number of urea groups is 1. The Labute approximate surface area is 259 Å². The molecule has 3 aromatic rings. The largest absolute Gasteiger partial charge is 0.493 e. The minimum absolute atomic E-state index is 0.0786. The zero-order valence-corrected chi connectivity index (χ0v) is 25.4. The summed E-state index contributed by atoms with van der Waals surface area (Å²) in [7, 11) is 1.44. The number of ether oxygens (including phenoxy) is 4. The first-order valence-corrected chi connectivity index (χ1v) is 14.2. The normalized spacial score (nSPS) is 13.9. The van der Waals surface area contributed by atoms with Gasteiger partial charge in [0.2, 0.25) is 0 Å². The highest BCUT2D eigenvalue weighted by molar-refractivity contribution is 6.39. The number of imide groups is 2. The van der Waals surface area contributed by atoms with Gasteiger partial charge in [-0.05, 0) is 68.3 Å². The minimum Gasteiger partial charge on any atom is -0.493 e. The maximum absolute atomic E-state index is 13.5. The molecule has 0 bridgehead atoms. The van der Waals surface area contributed by atoms with E-state index >= 15 is 0 Å². The third-order valence-corrected chi connectivity index (χ3v) is 6.58. The Balaban J connectivity index is 1.58. The summed E-state index contributed by atoms with van der Waals surface area (Å²) in [5.74, 6) is -1.08. The van der Waals surface area contributed by atoms with Crippen LogP contribution in [0.25, 0.3) is 6.08 Å². The number of nitrogens with zero attached hydrogens (tertiary/aromatic N) is 1. The van der Waals surface area contributed by atoms with Crippen molar-refractivity contribution >= 4 is 52.8 Å². The lowest BCUT2D eigenvalue weighted by atomic mass is 10.1. The van der Waals surface area contributed by atoms with Crippen LogP contribution in [-0.4, -0.2) is 50.7 Å². The van der Waals surface area contributed by atoms with E-state index in [-0.39, 0.29) is 41.0 Å². The summed E-state index contributed by atoms with van der Waals surface area (Å²) in [4.78, 5) is 52.3. The number of carbonyl (C=O) groups excluding carboxylic acids is 4. The molecule has 0 radical (unpaired) electrons. The van der Waals surface area contributed by atoms with Crippen molar-refractivity contribution in [2.24, 2.45) is 0 Å². The molecule has 2 N–H and O–H groups in total. The van der Waals surface area contributed by atoms with Crippen molar-refractivity contribution in [3.63, 3.8) is 0 Å². The first-order chi connectivity index (χ1) is 21.1. The zero-order valence-electron chi connectivity index (χ0n) is 24.7. The molecule has 0 spiro atoms. The Kier molecular flexibility index (Phi) is 10.5. The number of anilines is 2. The van der Waals surface area contributed by atoms with Crippen molar-refractivity contribution in [3.8, 4) is 23.0 Å². The van der Waals surface area contributed by atoms with Crippen molar-refractivity contribution in [2.75, 3.05) is 37.1 Å². The van der Waals surface area contributed by atoms with Gasteiger partial charge in [-0.15, -0.1) is 0 Å². The number of nitrogens with one attached hydrogen (secondary N) is 2. The summed E-state index contributed by atoms with van der Waals surface area (Å²) in [5.41, 5.74) is 1.85. The molecule has 4 rings (SSSR count). The van der Waals surface area contributed by atoms with E-state index in [9.17, 15) is 19.2 Å². The van der Waals surface area contributed by atoms with E-state index in [1.165, 1.54) is 37.5 Å². The first-order valence-electron chi connectivity index (χ1n) is 13.8. The van der Waals surface area contributed by atoms with Crippen LogP contribution < -0.4 is 34.5 Å². The van der Waals surface area contributed by atoms with Crippen LogP contribution in [0, 0.1) is 6.92 Å². The van der Waals surface area contributed by atoms with Gasteiger partial charge < -0.3 is 24.3 Å². The standard InChI is InChI=1S/C32H32ClN3O8/c1-5-13-43-25-12-11-22(17-26(25)41-4)36-31(39)23(30(38)35-32(36)40)14-20-15-24(33)29(27(16-20)42-6-2)44-18-28(37)34-21-9-7-19(3)8-10-21/h7-12,14-17H,5-6,13,18H2,1-4H3,(H,34,37)(H,35,38,40)/b23-14+. The number of barbiturate groups is 1. The number of methoxy groups -OCH3 is 1. The molecule has 0 unspecified atom stereocenters. The zero-order chi connectivity index (χ0) is 31.8. The van der Waals surface area contributed by atoms with Crippen LogP contribution in [0.2, 0.25) is 5.02 Å². The fraction of sp³-hybridized carbons (Fsp3) is 0.250. The van der Waals surface area contributed by atoms with Crippen LogP contribution in [0.4, 0.5) is 16.2 Å². The molecule has 0 aliphatic carbocycles. The van der Waals surface area contributed by atoms with Crippen LogP contribution >= 0.6 is 11.6 Å². The summed E-state index contributed by atoms with van der Waals surface area (Å²) in [6, 6.07) is 13.9. The molecule has 0 saturated carbocycles. The Hall–Kier alpha value is -5.03. The van der Waals surface area contributed by atoms with E-state index in [1.807, 2.05) is 26.0 Å². The third kappa shape index (κ3) is 7.48. The summed E-state index contributed by atoms with van der Waals surface area (Å²) >= 11 is 6.51. The van der Waals surface area contributed by atoms with Crippen molar-refractivity contribution in [1.82, 2.24) is 5.32 Å². The molecule has 12 heteroatoms. The van der Waals surface area contributed by atoms with Crippen LogP contribution in [0.15, 0.2) is 60.2 Å². The lowest BCUT2D eigenvalue weighted by Crippen LogP contribution is -2.54. The van der Waals surface area contributed by atoms with Crippen molar-refractivity contribution in [1.29, 1.82) is 0 Å². The predicted molar refractivity (Wildman–Crippen MR) is 166 cm³/mol. The SMILES string of the molecule is CCCOc1ccc(N2C(=O)NC(=O)/C(=C\c3cc(Cl)c(OCC(=O)Nc4ccc(C)cc4)c(OCC)c3)C2=O)cc1OC. The lowest BCUT2D eigenvalue weighted by molar-refractivity contribution is -0.122. The highest BCUT2D eigenvalue weighted by Crippen LogP contribution is 2.38. The monoisotopic (exact) mass is 621 g/mol. The second-order valence-corrected chi connectivity index (χ2v) is 10.0. The molecule has 1 heterocycles. The Morgan fingerprint density at radius 2 is 1.70 bits per heavy atom. The second-order valence-electron chi connectivity index (χ2n) is 9.61. The molecular weight excluding hydrogens is 590 g/mol. The molecule has 1 aliphatic heterocycles. The van der Waals surface area contributed by atoms with Gasteiger partial charge in [-0.2, -0.15) is 0 Å². The molecule has 1 aliphatic rings. The highest BCUT2D eigenvalue weighted by atomic mass is 35.5. The lowest BCUT2D eigenvalue weighted by Gasteiger charge is -2.27. The van der Waals surface area contributed by atoms with Gasteiger partial charge in [0, 0.05) is 11.8 Å². The van der Waals surface area contributed by atoms with E-state index in [0.717, 1.165) is 16.9 Å². The van der Waals surface area contributed by atoms with Gasteiger partial charge in [0.25, 0.3) is 17.7 Å². The van der Waals surface area contributed by atoms with Crippen LogP contribution in [0.5, 0.6) is 23.0 Å². The van der Waals surface area contributed by atoms with Gasteiger partial charge >= 0.3 is 6.03 Å². The number of carbonyl (C=O) groups is 4. The molecule has 230 valence electrons. The van der Waals surface area contributed by atoms with Gasteiger partial charge in [0.1, 0.15) is 5.57 Å².